The number of benzene rings is 2. The van der Waals surface area contributed by atoms with Crippen molar-refractivity contribution in [3.8, 4) is 0 Å². The monoisotopic (exact) mass is 424 g/mol. The molecule has 1 N–H and O–H groups in total. The summed E-state index contributed by atoms with van der Waals surface area (Å²) in [7, 11) is 0. The van der Waals surface area contributed by atoms with Crippen LogP contribution in [0.5, 0.6) is 0 Å². The summed E-state index contributed by atoms with van der Waals surface area (Å²) in [4.78, 5) is 22.0. The Labute approximate surface area is 184 Å². The van der Waals surface area contributed by atoms with Gasteiger partial charge in [-0.15, -0.1) is 0 Å². The molecular weight excluding hydrogens is 392 g/mol. The number of piperazine rings is 1. The van der Waals surface area contributed by atoms with Crippen molar-refractivity contribution >= 4 is 28.5 Å². The molecule has 2 aromatic carbocycles. The van der Waals surface area contributed by atoms with Crippen molar-refractivity contribution in [3.05, 3.63) is 66.2 Å². The molecule has 1 aliphatic rings. The van der Waals surface area contributed by atoms with Crippen LogP contribution in [-0.4, -0.2) is 58.3 Å². The third-order valence-corrected chi connectivity index (χ3v) is 5.73. The van der Waals surface area contributed by atoms with Gasteiger partial charge in [0, 0.05) is 38.3 Å². The molecule has 0 aliphatic carbocycles. The number of nitrogens with zero attached hydrogens (tertiary/aromatic N) is 3. The summed E-state index contributed by atoms with van der Waals surface area (Å²) in [5.41, 5.74) is 2.04. The van der Waals surface area contributed by atoms with E-state index in [4.69, 9.17) is 4.99 Å². The maximum atomic E-state index is 12.3. The number of carbonyl (C=O) groups excluding carboxylic acids is 1. The van der Waals surface area contributed by atoms with Crippen LogP contribution in [-0.2, 0) is 11.3 Å². The number of amides is 1. The van der Waals surface area contributed by atoms with E-state index in [0.717, 1.165) is 43.6 Å². The molecule has 6 heteroatoms. The topological polar surface area (TPSA) is 47.9 Å². The molecule has 3 rings (SSSR count). The summed E-state index contributed by atoms with van der Waals surface area (Å²) in [6.07, 6.45) is 0. The molecule has 0 atom stereocenters. The number of aliphatic imine (C=N–C) groups is 1. The first-order chi connectivity index (χ1) is 14.4. The minimum absolute atomic E-state index is 0.0379. The van der Waals surface area contributed by atoms with Gasteiger partial charge in [0.15, 0.2) is 5.17 Å². The van der Waals surface area contributed by atoms with Crippen molar-refractivity contribution in [3.63, 3.8) is 0 Å². The maximum absolute atomic E-state index is 12.3. The van der Waals surface area contributed by atoms with E-state index in [2.05, 4.69) is 45.4 Å². The third-order valence-electron chi connectivity index (χ3n) is 4.72. The van der Waals surface area contributed by atoms with Crippen LogP contribution < -0.4 is 5.32 Å². The van der Waals surface area contributed by atoms with Crippen molar-refractivity contribution in [1.82, 2.24) is 15.1 Å². The van der Waals surface area contributed by atoms with Gasteiger partial charge in [-0.25, -0.2) is 4.99 Å². The van der Waals surface area contributed by atoms with E-state index in [1.807, 2.05) is 51.1 Å². The Hall–Kier alpha value is -2.31. The molecule has 1 amide bonds. The molecule has 1 saturated heterocycles. The zero-order valence-corrected chi connectivity index (χ0v) is 19.0. The van der Waals surface area contributed by atoms with Gasteiger partial charge < -0.3 is 10.2 Å². The Kier molecular flexibility index (Phi) is 7.94. The van der Waals surface area contributed by atoms with Crippen LogP contribution in [0, 0.1) is 0 Å². The molecule has 5 nitrogen and oxygen atoms in total. The normalized spacial score (nSPS) is 15.8. The molecule has 0 aromatic heterocycles. The number of nitrogens with one attached hydrogen (secondary N) is 1. The van der Waals surface area contributed by atoms with Gasteiger partial charge in [0.2, 0.25) is 5.91 Å². The van der Waals surface area contributed by atoms with E-state index in [-0.39, 0.29) is 11.4 Å². The highest BCUT2D eigenvalue weighted by atomic mass is 32.2. The molecule has 30 heavy (non-hydrogen) atoms. The lowest BCUT2D eigenvalue weighted by Crippen LogP contribution is -2.48. The van der Waals surface area contributed by atoms with Crippen LogP contribution in [0.2, 0.25) is 0 Å². The second-order valence-electron chi connectivity index (χ2n) is 8.57. The standard InChI is InChI=1S/C24H32N4OS/c1-24(2,3)26-22(29)19-30-23(25-21-12-8-5-9-13-21)28-16-14-27(15-17-28)18-20-10-6-4-7-11-20/h4-13H,14-19H2,1-3H3,(H,26,29). The van der Waals surface area contributed by atoms with Crippen LogP contribution in [0.25, 0.3) is 0 Å². The Balaban J connectivity index is 1.62. The third kappa shape index (κ3) is 7.50. The fourth-order valence-electron chi connectivity index (χ4n) is 3.33. The first-order valence-corrected chi connectivity index (χ1v) is 11.5. The molecule has 0 saturated carbocycles. The zero-order valence-electron chi connectivity index (χ0n) is 18.2. The van der Waals surface area contributed by atoms with E-state index >= 15 is 0 Å². The second-order valence-corrected chi connectivity index (χ2v) is 9.51. The predicted octanol–water partition coefficient (Wildman–Crippen LogP) is 4.14. The predicted molar refractivity (Wildman–Crippen MR) is 127 cm³/mol. The Bertz CT molecular complexity index is 825. The Morgan fingerprint density at radius 1 is 0.967 bits per heavy atom. The van der Waals surface area contributed by atoms with Crippen LogP contribution in [0.4, 0.5) is 5.69 Å². The number of hydrogen-bond acceptors (Lipinski definition) is 4. The molecule has 1 aliphatic heterocycles. The van der Waals surface area contributed by atoms with E-state index in [0.29, 0.717) is 5.75 Å². The van der Waals surface area contributed by atoms with Gasteiger partial charge in [-0.3, -0.25) is 9.69 Å². The first-order valence-electron chi connectivity index (χ1n) is 10.5. The molecule has 1 fully saturated rings. The highest BCUT2D eigenvalue weighted by Crippen LogP contribution is 2.20. The minimum Gasteiger partial charge on any atom is -0.351 e. The van der Waals surface area contributed by atoms with Crippen molar-refractivity contribution in [2.75, 3.05) is 31.9 Å². The lowest BCUT2D eigenvalue weighted by molar-refractivity contribution is -0.119. The second kappa shape index (κ2) is 10.6. The van der Waals surface area contributed by atoms with Crippen LogP contribution in [0.1, 0.15) is 26.3 Å². The summed E-state index contributed by atoms with van der Waals surface area (Å²) >= 11 is 1.52. The number of hydrogen-bond donors (Lipinski definition) is 1. The number of amidine groups is 1. The van der Waals surface area contributed by atoms with Crippen LogP contribution >= 0.6 is 11.8 Å². The molecule has 0 spiro atoms. The number of para-hydroxylation sites is 1. The largest absolute Gasteiger partial charge is 0.351 e. The van der Waals surface area contributed by atoms with Gasteiger partial charge >= 0.3 is 0 Å². The number of carbonyl (C=O) groups is 1. The molecular formula is C24H32N4OS. The first kappa shape index (κ1) is 22.4. The Morgan fingerprint density at radius 2 is 1.57 bits per heavy atom. The van der Waals surface area contributed by atoms with Gasteiger partial charge in [-0.1, -0.05) is 60.3 Å². The number of rotatable bonds is 5. The van der Waals surface area contributed by atoms with Crippen molar-refractivity contribution in [2.45, 2.75) is 32.9 Å². The molecule has 160 valence electrons. The van der Waals surface area contributed by atoms with E-state index in [1.54, 1.807) is 0 Å². The molecule has 2 aromatic rings. The van der Waals surface area contributed by atoms with Gasteiger partial charge in [-0.05, 0) is 38.5 Å². The van der Waals surface area contributed by atoms with Gasteiger partial charge in [0.05, 0.1) is 11.4 Å². The molecule has 1 heterocycles. The van der Waals surface area contributed by atoms with Crippen molar-refractivity contribution in [1.29, 1.82) is 0 Å². The fourth-order valence-corrected chi connectivity index (χ4v) is 4.20. The van der Waals surface area contributed by atoms with Crippen LogP contribution in [0.3, 0.4) is 0 Å². The van der Waals surface area contributed by atoms with E-state index in [1.165, 1.54) is 17.3 Å². The number of thioether (sulfide) groups is 1. The summed E-state index contributed by atoms with van der Waals surface area (Å²) in [5, 5.41) is 3.96. The maximum Gasteiger partial charge on any atom is 0.230 e. The summed E-state index contributed by atoms with van der Waals surface area (Å²) < 4.78 is 0. The van der Waals surface area contributed by atoms with Gasteiger partial charge in [0.1, 0.15) is 0 Å². The van der Waals surface area contributed by atoms with Crippen molar-refractivity contribution < 1.29 is 4.79 Å². The van der Waals surface area contributed by atoms with Gasteiger partial charge in [0.25, 0.3) is 0 Å². The van der Waals surface area contributed by atoms with Gasteiger partial charge in [-0.2, -0.15) is 0 Å². The average Bonchev–Trinajstić information content (AvgIpc) is 2.72. The van der Waals surface area contributed by atoms with Crippen LogP contribution in [0.15, 0.2) is 65.7 Å². The summed E-state index contributed by atoms with van der Waals surface area (Å²) in [5.74, 6) is 0.406. The highest BCUT2D eigenvalue weighted by molar-refractivity contribution is 8.14. The smallest absolute Gasteiger partial charge is 0.230 e. The average molecular weight is 425 g/mol. The Morgan fingerprint density at radius 3 is 2.17 bits per heavy atom. The minimum atomic E-state index is -0.225. The summed E-state index contributed by atoms with van der Waals surface area (Å²) in [6, 6.07) is 20.6. The zero-order chi connectivity index (χ0) is 21.4. The lowest BCUT2D eigenvalue weighted by atomic mass is 10.1. The fraction of sp³-hybridized carbons (Fsp3) is 0.417. The van der Waals surface area contributed by atoms with E-state index in [9.17, 15) is 4.79 Å². The summed E-state index contributed by atoms with van der Waals surface area (Å²) in [6.45, 7) is 10.8. The van der Waals surface area contributed by atoms with E-state index < -0.39 is 0 Å². The highest BCUT2D eigenvalue weighted by Gasteiger charge is 2.22. The van der Waals surface area contributed by atoms with Crippen molar-refractivity contribution in [2.24, 2.45) is 4.99 Å². The molecule has 0 unspecified atom stereocenters. The lowest BCUT2D eigenvalue weighted by Gasteiger charge is -2.36. The SMILES string of the molecule is CC(C)(C)NC(=O)CSC(=Nc1ccccc1)N1CCN(Cc2ccccc2)CC1. The molecule has 0 bridgehead atoms. The quantitative estimate of drug-likeness (QED) is 0.579. The molecule has 0 radical (unpaired) electrons.